The molecular weight excluding hydrogens is 351 g/mol. The van der Waals surface area contributed by atoms with Gasteiger partial charge in [0, 0.05) is 11.6 Å². The number of rotatable bonds is 4. The molecule has 126 valence electrons. The summed E-state index contributed by atoms with van der Waals surface area (Å²) < 4.78 is 4.35. The summed E-state index contributed by atoms with van der Waals surface area (Å²) in [5, 5.41) is 0.754. The molecule has 4 heteroatoms. The average Bonchev–Trinajstić information content (AvgIpc) is 2.90. The van der Waals surface area contributed by atoms with Gasteiger partial charge in [-0.1, -0.05) is 72.8 Å². The molecule has 25 heavy (non-hydrogen) atoms. The van der Waals surface area contributed by atoms with Gasteiger partial charge in [-0.2, -0.15) is 0 Å². The Bertz CT molecular complexity index is 885. The highest BCUT2D eigenvalue weighted by atomic mass is 35.5. The second-order valence-corrected chi connectivity index (χ2v) is 6.24. The maximum atomic E-state index is 6.78. The number of aromatic nitrogens is 2. The first-order chi connectivity index (χ1) is 11.8. The molecule has 0 aliphatic carbocycles. The Kier molecular flexibility index (Phi) is 5.42. The molecule has 0 saturated heterocycles. The third-order valence-corrected chi connectivity index (χ3v) is 4.68. The Hall–Kier alpha value is -2.29. The van der Waals surface area contributed by atoms with Crippen LogP contribution in [0.2, 0.25) is 5.28 Å². The molecule has 1 aromatic heterocycles. The van der Waals surface area contributed by atoms with Crippen molar-refractivity contribution in [3.05, 3.63) is 101 Å². The molecule has 0 N–H and O–H groups in total. The van der Waals surface area contributed by atoms with Crippen molar-refractivity contribution in [1.29, 1.82) is 0 Å². The first-order valence-electron chi connectivity index (χ1n) is 8.07. The highest BCUT2D eigenvalue weighted by molar-refractivity contribution is 6.28. The van der Waals surface area contributed by atoms with Crippen LogP contribution >= 0.6 is 11.6 Å². The van der Waals surface area contributed by atoms with Crippen molar-refractivity contribution >= 4 is 22.6 Å². The van der Waals surface area contributed by atoms with Crippen LogP contribution in [0.15, 0.2) is 84.9 Å². The second kappa shape index (κ2) is 7.73. The van der Waals surface area contributed by atoms with Crippen LogP contribution in [-0.2, 0) is 13.1 Å². The number of para-hydroxylation sites is 2. The number of hydrogen-bond donors (Lipinski definition) is 0. The summed E-state index contributed by atoms with van der Waals surface area (Å²) in [7, 11) is 0. The standard InChI is InChI=1S/C21H18ClN2.ClH/c22-21-23(15-17-9-3-1-4-10-17)19-13-7-8-14-20(19)24(21)16-18-11-5-2-6-12-18;/h1-14H,15-16H2;1H/q+1;/p-1. The van der Waals surface area contributed by atoms with E-state index in [1.807, 2.05) is 12.1 Å². The van der Waals surface area contributed by atoms with Crippen molar-refractivity contribution in [1.82, 2.24) is 4.57 Å². The SMILES string of the molecule is Clc1n(Cc2ccccc2)c2ccccc2[n+]1Cc1ccccc1.[Cl-]. The molecule has 0 aliphatic rings. The molecule has 4 rings (SSSR count). The zero-order valence-electron chi connectivity index (χ0n) is 13.6. The van der Waals surface area contributed by atoms with Gasteiger partial charge >= 0.3 is 5.28 Å². The monoisotopic (exact) mass is 368 g/mol. The van der Waals surface area contributed by atoms with Gasteiger partial charge < -0.3 is 12.4 Å². The number of benzene rings is 3. The van der Waals surface area contributed by atoms with Crippen LogP contribution in [0.1, 0.15) is 11.1 Å². The molecule has 0 atom stereocenters. The van der Waals surface area contributed by atoms with E-state index in [2.05, 4.69) is 81.9 Å². The number of imidazole rings is 1. The van der Waals surface area contributed by atoms with Crippen molar-refractivity contribution in [2.45, 2.75) is 13.1 Å². The quantitative estimate of drug-likeness (QED) is 0.484. The molecule has 3 aromatic carbocycles. The minimum atomic E-state index is 0. The lowest BCUT2D eigenvalue weighted by Gasteiger charge is -2.01. The molecular formula is C21H18Cl2N2. The van der Waals surface area contributed by atoms with Gasteiger partial charge in [0.15, 0.2) is 11.0 Å². The van der Waals surface area contributed by atoms with E-state index in [1.165, 1.54) is 11.1 Å². The Morgan fingerprint density at radius 2 is 1.28 bits per heavy atom. The van der Waals surface area contributed by atoms with E-state index in [9.17, 15) is 0 Å². The van der Waals surface area contributed by atoms with E-state index < -0.39 is 0 Å². The van der Waals surface area contributed by atoms with E-state index in [1.54, 1.807) is 0 Å². The maximum absolute atomic E-state index is 6.78. The maximum Gasteiger partial charge on any atom is 0.356 e. The summed E-state index contributed by atoms with van der Waals surface area (Å²) in [6.45, 7) is 1.53. The number of hydrogen-bond acceptors (Lipinski definition) is 0. The van der Waals surface area contributed by atoms with Crippen molar-refractivity contribution in [2.75, 3.05) is 0 Å². The largest absolute Gasteiger partial charge is 1.00 e. The van der Waals surface area contributed by atoms with Gasteiger partial charge in [0.05, 0.1) is 0 Å². The molecule has 0 spiro atoms. The van der Waals surface area contributed by atoms with E-state index in [0.717, 1.165) is 29.4 Å². The average molecular weight is 369 g/mol. The summed E-state index contributed by atoms with van der Waals surface area (Å²) in [6, 6.07) is 29.2. The van der Waals surface area contributed by atoms with Crippen LogP contribution in [0, 0.1) is 0 Å². The number of fused-ring (bicyclic) bond motifs is 1. The predicted octanol–water partition coefficient (Wildman–Crippen LogP) is 1.68. The molecule has 0 saturated carbocycles. The minimum Gasteiger partial charge on any atom is -1.00 e. The van der Waals surface area contributed by atoms with Crippen LogP contribution in [0.5, 0.6) is 0 Å². The molecule has 0 fully saturated rings. The van der Waals surface area contributed by atoms with Gasteiger partial charge in [-0.25, -0.2) is 9.13 Å². The van der Waals surface area contributed by atoms with Crippen LogP contribution in [0.4, 0.5) is 0 Å². The Balaban J connectivity index is 0.00000182. The lowest BCUT2D eigenvalue weighted by atomic mass is 10.2. The van der Waals surface area contributed by atoms with E-state index >= 15 is 0 Å². The van der Waals surface area contributed by atoms with Crippen molar-refractivity contribution in [3.8, 4) is 0 Å². The molecule has 0 unspecified atom stereocenters. The van der Waals surface area contributed by atoms with Gasteiger partial charge in [-0.3, -0.25) is 0 Å². The summed E-state index contributed by atoms with van der Waals surface area (Å²) in [5.74, 6) is 0. The molecule has 0 bridgehead atoms. The summed E-state index contributed by atoms with van der Waals surface area (Å²) in [5.41, 5.74) is 4.79. The molecule has 0 aliphatic heterocycles. The smallest absolute Gasteiger partial charge is 0.356 e. The third kappa shape index (κ3) is 3.55. The zero-order valence-corrected chi connectivity index (χ0v) is 15.2. The van der Waals surface area contributed by atoms with E-state index in [-0.39, 0.29) is 12.4 Å². The summed E-state index contributed by atoms with van der Waals surface area (Å²) in [4.78, 5) is 0. The second-order valence-electron chi connectivity index (χ2n) is 5.90. The van der Waals surface area contributed by atoms with E-state index in [0.29, 0.717) is 0 Å². The van der Waals surface area contributed by atoms with Gasteiger partial charge in [-0.05, 0) is 23.3 Å². The fraction of sp³-hybridized carbons (Fsp3) is 0.0952. The van der Waals surface area contributed by atoms with Crippen LogP contribution in [0.25, 0.3) is 11.0 Å². The highest BCUT2D eigenvalue weighted by Crippen LogP contribution is 2.20. The van der Waals surface area contributed by atoms with Crippen molar-refractivity contribution in [2.24, 2.45) is 0 Å². The third-order valence-electron chi connectivity index (χ3n) is 4.28. The molecule has 1 heterocycles. The Morgan fingerprint density at radius 1 is 0.720 bits per heavy atom. The minimum absolute atomic E-state index is 0. The van der Waals surface area contributed by atoms with Crippen LogP contribution in [0.3, 0.4) is 0 Å². The van der Waals surface area contributed by atoms with Gasteiger partial charge in [-0.15, -0.1) is 0 Å². The van der Waals surface area contributed by atoms with Crippen LogP contribution in [-0.4, -0.2) is 4.57 Å². The number of nitrogens with zero attached hydrogens (tertiary/aromatic N) is 2. The van der Waals surface area contributed by atoms with Crippen molar-refractivity contribution < 1.29 is 17.0 Å². The first kappa shape index (κ1) is 17.5. The Morgan fingerprint density at radius 3 is 1.96 bits per heavy atom. The number of halogens is 2. The fourth-order valence-electron chi connectivity index (χ4n) is 3.10. The molecule has 2 nitrogen and oxygen atoms in total. The molecule has 0 amide bonds. The van der Waals surface area contributed by atoms with Gasteiger partial charge in [0.25, 0.3) is 0 Å². The van der Waals surface area contributed by atoms with Crippen molar-refractivity contribution in [3.63, 3.8) is 0 Å². The Labute approximate surface area is 158 Å². The van der Waals surface area contributed by atoms with Crippen LogP contribution < -0.4 is 17.0 Å². The lowest BCUT2D eigenvalue weighted by Crippen LogP contribution is -3.00. The lowest BCUT2D eigenvalue weighted by molar-refractivity contribution is -0.660. The molecule has 0 radical (unpaired) electrons. The normalized spacial score (nSPS) is 10.6. The highest BCUT2D eigenvalue weighted by Gasteiger charge is 2.23. The molecule has 4 aromatic rings. The summed E-state index contributed by atoms with van der Waals surface area (Å²) >= 11 is 6.78. The fourth-order valence-corrected chi connectivity index (χ4v) is 3.40. The summed E-state index contributed by atoms with van der Waals surface area (Å²) in [6.07, 6.45) is 0. The van der Waals surface area contributed by atoms with Gasteiger partial charge in [0.1, 0.15) is 13.1 Å². The predicted molar refractivity (Wildman–Crippen MR) is 98.2 cm³/mol. The topological polar surface area (TPSA) is 8.81 Å². The van der Waals surface area contributed by atoms with E-state index in [4.69, 9.17) is 11.6 Å². The first-order valence-corrected chi connectivity index (χ1v) is 8.45. The zero-order chi connectivity index (χ0) is 16.4. The van der Waals surface area contributed by atoms with Gasteiger partial charge in [0.2, 0.25) is 0 Å².